The van der Waals surface area contributed by atoms with Gasteiger partial charge in [0.05, 0.1) is 0 Å². The van der Waals surface area contributed by atoms with E-state index in [4.69, 9.17) is 0 Å². The largest absolute Gasteiger partial charge is 0.322 e. The van der Waals surface area contributed by atoms with Crippen LogP contribution in [0.2, 0.25) is 0 Å². The van der Waals surface area contributed by atoms with Gasteiger partial charge in [0, 0.05) is 22.3 Å². The monoisotopic (exact) mass is 332 g/mol. The summed E-state index contributed by atoms with van der Waals surface area (Å²) in [6.45, 7) is 3.70. The summed E-state index contributed by atoms with van der Waals surface area (Å²) in [5.41, 5.74) is 2.58. The maximum absolute atomic E-state index is 12.2. The van der Waals surface area contributed by atoms with Crippen molar-refractivity contribution >= 4 is 27.5 Å². The van der Waals surface area contributed by atoms with Gasteiger partial charge in [-0.3, -0.25) is 4.79 Å². The van der Waals surface area contributed by atoms with Crippen molar-refractivity contribution in [3.8, 4) is 0 Å². The molecule has 0 atom stereocenters. The molecule has 0 fully saturated rings. The smallest absolute Gasteiger partial charge is 0.255 e. The van der Waals surface area contributed by atoms with Gasteiger partial charge >= 0.3 is 0 Å². The van der Waals surface area contributed by atoms with Crippen molar-refractivity contribution in [1.82, 2.24) is 5.32 Å². The Morgan fingerprint density at radius 1 is 1.10 bits per heavy atom. The summed E-state index contributed by atoms with van der Waals surface area (Å²) in [5, 5.41) is 6.23. The second-order valence-corrected chi connectivity index (χ2v) is 5.31. The van der Waals surface area contributed by atoms with Gasteiger partial charge in [-0.05, 0) is 42.4 Å². The molecule has 0 heterocycles. The van der Waals surface area contributed by atoms with Crippen LogP contribution in [-0.2, 0) is 6.54 Å². The number of carbonyl (C=O) groups excluding carboxylic acids is 1. The van der Waals surface area contributed by atoms with Gasteiger partial charge in [0.25, 0.3) is 5.91 Å². The molecule has 0 spiro atoms. The quantitative estimate of drug-likeness (QED) is 0.874. The number of anilines is 1. The minimum Gasteiger partial charge on any atom is -0.322 e. The van der Waals surface area contributed by atoms with Gasteiger partial charge in [0.15, 0.2) is 0 Å². The molecule has 0 aliphatic heterocycles. The summed E-state index contributed by atoms with van der Waals surface area (Å²) in [6.07, 6.45) is 0. The zero-order chi connectivity index (χ0) is 14.4. The van der Waals surface area contributed by atoms with Crippen LogP contribution >= 0.6 is 15.9 Å². The Balaban J connectivity index is 2.13. The molecule has 4 heteroatoms. The van der Waals surface area contributed by atoms with Crippen LogP contribution < -0.4 is 10.6 Å². The van der Waals surface area contributed by atoms with Gasteiger partial charge < -0.3 is 10.6 Å². The van der Waals surface area contributed by atoms with Gasteiger partial charge in [0.1, 0.15) is 0 Å². The van der Waals surface area contributed by atoms with E-state index in [-0.39, 0.29) is 5.91 Å². The topological polar surface area (TPSA) is 41.1 Å². The average molecular weight is 333 g/mol. The predicted octanol–water partition coefficient (Wildman–Crippen LogP) is 3.81. The van der Waals surface area contributed by atoms with Crippen LogP contribution in [0.3, 0.4) is 0 Å². The Kier molecular flexibility index (Phi) is 5.32. The molecule has 3 nitrogen and oxygen atoms in total. The van der Waals surface area contributed by atoms with Crippen molar-refractivity contribution in [2.24, 2.45) is 0 Å². The molecule has 20 heavy (non-hydrogen) atoms. The fourth-order valence-corrected chi connectivity index (χ4v) is 2.12. The summed E-state index contributed by atoms with van der Waals surface area (Å²) < 4.78 is 0.960. The fraction of sp³-hybridized carbons (Fsp3) is 0.188. The highest BCUT2D eigenvalue weighted by molar-refractivity contribution is 9.10. The van der Waals surface area contributed by atoms with Crippen LogP contribution in [0.25, 0.3) is 0 Å². The highest BCUT2D eigenvalue weighted by atomic mass is 79.9. The second kappa shape index (κ2) is 7.22. The molecule has 0 aromatic heterocycles. The number of amides is 1. The molecule has 0 bridgehead atoms. The number of rotatable bonds is 5. The molecule has 1 amide bonds. The van der Waals surface area contributed by atoms with E-state index in [1.165, 1.54) is 0 Å². The summed E-state index contributed by atoms with van der Waals surface area (Å²) in [4.78, 5) is 12.2. The van der Waals surface area contributed by atoms with Crippen LogP contribution in [0.4, 0.5) is 5.69 Å². The highest BCUT2D eigenvalue weighted by Gasteiger charge is 2.08. The Morgan fingerprint density at radius 2 is 1.80 bits per heavy atom. The first-order valence-electron chi connectivity index (χ1n) is 6.56. The minimum atomic E-state index is -0.0959. The van der Waals surface area contributed by atoms with Gasteiger partial charge in [-0.1, -0.05) is 41.1 Å². The highest BCUT2D eigenvalue weighted by Crippen LogP contribution is 2.17. The first-order chi connectivity index (χ1) is 9.70. The molecule has 0 saturated heterocycles. The zero-order valence-corrected chi connectivity index (χ0v) is 12.9. The van der Waals surface area contributed by atoms with E-state index in [2.05, 4.69) is 33.5 Å². The molecule has 0 unspecified atom stereocenters. The molecular formula is C16H17BrN2O. The number of para-hydroxylation sites is 1. The molecule has 2 aromatic rings. The number of hydrogen-bond acceptors (Lipinski definition) is 2. The van der Waals surface area contributed by atoms with Crippen LogP contribution in [0.1, 0.15) is 22.8 Å². The molecule has 0 saturated carbocycles. The zero-order valence-electron chi connectivity index (χ0n) is 11.3. The Labute approximate surface area is 127 Å². The third kappa shape index (κ3) is 3.92. The lowest BCUT2D eigenvalue weighted by molar-refractivity contribution is 0.102. The molecule has 104 valence electrons. The van der Waals surface area contributed by atoms with Crippen molar-refractivity contribution in [1.29, 1.82) is 0 Å². The molecule has 0 aliphatic rings. The maximum atomic E-state index is 12.2. The molecular weight excluding hydrogens is 316 g/mol. The Bertz CT molecular complexity index is 581. The number of halogens is 1. The fourth-order valence-electron chi connectivity index (χ4n) is 1.85. The number of hydrogen-bond donors (Lipinski definition) is 2. The van der Waals surface area contributed by atoms with Crippen molar-refractivity contribution in [3.05, 3.63) is 64.1 Å². The van der Waals surface area contributed by atoms with E-state index in [9.17, 15) is 4.79 Å². The van der Waals surface area contributed by atoms with E-state index in [1.807, 2.05) is 36.4 Å². The minimum absolute atomic E-state index is 0.0959. The summed E-state index contributed by atoms with van der Waals surface area (Å²) >= 11 is 3.36. The van der Waals surface area contributed by atoms with Crippen LogP contribution in [0, 0.1) is 0 Å². The van der Waals surface area contributed by atoms with Gasteiger partial charge in [0.2, 0.25) is 0 Å². The lowest BCUT2D eigenvalue weighted by Gasteiger charge is -2.11. The lowest BCUT2D eigenvalue weighted by Crippen LogP contribution is -2.17. The predicted molar refractivity (Wildman–Crippen MR) is 85.9 cm³/mol. The molecule has 2 N–H and O–H groups in total. The van der Waals surface area contributed by atoms with Crippen LogP contribution in [0.15, 0.2) is 53.0 Å². The lowest BCUT2D eigenvalue weighted by atomic mass is 10.1. The summed E-state index contributed by atoms with van der Waals surface area (Å²) in [5.74, 6) is -0.0959. The summed E-state index contributed by atoms with van der Waals surface area (Å²) in [7, 11) is 0. The first-order valence-corrected chi connectivity index (χ1v) is 7.35. The van der Waals surface area contributed by atoms with E-state index in [0.29, 0.717) is 5.56 Å². The second-order valence-electron chi connectivity index (χ2n) is 4.40. The standard InChI is InChI=1S/C16H17BrN2O/c1-2-18-11-13-5-3-4-6-15(13)19-16(20)12-7-9-14(17)10-8-12/h3-10,18H,2,11H2,1H3,(H,19,20). The van der Waals surface area contributed by atoms with E-state index in [0.717, 1.165) is 28.8 Å². The van der Waals surface area contributed by atoms with Crippen molar-refractivity contribution in [2.75, 3.05) is 11.9 Å². The molecule has 2 rings (SSSR count). The van der Waals surface area contributed by atoms with Crippen molar-refractivity contribution in [2.45, 2.75) is 13.5 Å². The Hall–Kier alpha value is -1.65. The average Bonchev–Trinajstić information content (AvgIpc) is 2.47. The van der Waals surface area contributed by atoms with E-state index < -0.39 is 0 Å². The molecule has 0 aliphatic carbocycles. The molecule has 0 radical (unpaired) electrons. The van der Waals surface area contributed by atoms with Crippen molar-refractivity contribution < 1.29 is 4.79 Å². The third-order valence-electron chi connectivity index (χ3n) is 2.94. The van der Waals surface area contributed by atoms with Crippen molar-refractivity contribution in [3.63, 3.8) is 0 Å². The number of carbonyl (C=O) groups is 1. The van der Waals surface area contributed by atoms with Crippen LogP contribution in [-0.4, -0.2) is 12.5 Å². The van der Waals surface area contributed by atoms with E-state index >= 15 is 0 Å². The van der Waals surface area contributed by atoms with Gasteiger partial charge in [-0.2, -0.15) is 0 Å². The number of benzene rings is 2. The number of nitrogens with one attached hydrogen (secondary N) is 2. The third-order valence-corrected chi connectivity index (χ3v) is 3.47. The molecule has 2 aromatic carbocycles. The van der Waals surface area contributed by atoms with Gasteiger partial charge in [-0.15, -0.1) is 0 Å². The first kappa shape index (κ1) is 14.8. The maximum Gasteiger partial charge on any atom is 0.255 e. The van der Waals surface area contributed by atoms with Crippen LogP contribution in [0.5, 0.6) is 0 Å². The Morgan fingerprint density at radius 3 is 2.50 bits per heavy atom. The normalized spacial score (nSPS) is 10.3. The summed E-state index contributed by atoms with van der Waals surface area (Å²) in [6, 6.07) is 15.1. The van der Waals surface area contributed by atoms with Gasteiger partial charge in [-0.25, -0.2) is 0 Å². The van der Waals surface area contributed by atoms with E-state index in [1.54, 1.807) is 12.1 Å². The SMILES string of the molecule is CCNCc1ccccc1NC(=O)c1ccc(Br)cc1.